The smallest absolute Gasteiger partial charge is 0.325 e. The molecular weight excluding hydrogens is 200 g/mol. The third-order valence-corrected chi connectivity index (χ3v) is 1.84. The lowest BCUT2D eigenvalue weighted by Crippen LogP contribution is -2.32. The van der Waals surface area contributed by atoms with Crippen LogP contribution in [0.4, 0.5) is 5.82 Å². The number of carbonyl (C=O) groups excluding carboxylic acids is 2. The Bertz CT molecular complexity index is 374. The van der Waals surface area contributed by atoms with E-state index in [1.807, 2.05) is 0 Å². The highest BCUT2D eigenvalue weighted by Gasteiger charge is 2.18. The number of hydrogen-bond acceptors (Lipinski definition) is 5. The molecule has 0 aliphatic rings. The maximum Gasteiger partial charge on any atom is 0.325 e. The van der Waals surface area contributed by atoms with Crippen molar-refractivity contribution in [1.29, 1.82) is 0 Å². The summed E-state index contributed by atoms with van der Waals surface area (Å²) in [5.41, 5.74) is 5.70. The molecule has 0 unspecified atom stereocenters. The SMILES string of the molecule is COC(=O)CN(C)C(=O)c1cn[nH]c1N. The van der Waals surface area contributed by atoms with Crippen LogP contribution in [0, 0.1) is 0 Å². The van der Waals surface area contributed by atoms with Crippen LogP contribution in [0.25, 0.3) is 0 Å². The van der Waals surface area contributed by atoms with E-state index in [9.17, 15) is 9.59 Å². The second-order valence-corrected chi connectivity index (χ2v) is 2.93. The van der Waals surface area contributed by atoms with E-state index >= 15 is 0 Å². The van der Waals surface area contributed by atoms with Gasteiger partial charge < -0.3 is 15.4 Å². The maximum absolute atomic E-state index is 11.7. The second kappa shape index (κ2) is 4.45. The molecule has 0 saturated carbocycles. The quantitative estimate of drug-likeness (QED) is 0.641. The van der Waals surface area contributed by atoms with Crippen molar-refractivity contribution in [2.24, 2.45) is 0 Å². The number of esters is 1. The molecule has 1 heterocycles. The highest BCUT2D eigenvalue weighted by atomic mass is 16.5. The van der Waals surface area contributed by atoms with Crippen molar-refractivity contribution in [3.05, 3.63) is 11.8 Å². The van der Waals surface area contributed by atoms with Crippen molar-refractivity contribution in [1.82, 2.24) is 15.1 Å². The predicted molar refractivity (Wildman–Crippen MR) is 52.0 cm³/mol. The van der Waals surface area contributed by atoms with Gasteiger partial charge in [-0.1, -0.05) is 0 Å². The minimum absolute atomic E-state index is 0.125. The Labute approximate surface area is 86.2 Å². The van der Waals surface area contributed by atoms with Crippen molar-refractivity contribution in [2.45, 2.75) is 0 Å². The molecule has 7 heteroatoms. The first-order chi connectivity index (χ1) is 7.06. The molecule has 0 bridgehead atoms. The molecule has 3 N–H and O–H groups in total. The topological polar surface area (TPSA) is 101 Å². The van der Waals surface area contributed by atoms with Gasteiger partial charge in [0.15, 0.2) is 0 Å². The van der Waals surface area contributed by atoms with Gasteiger partial charge >= 0.3 is 5.97 Å². The predicted octanol–water partition coefficient (Wildman–Crippen LogP) is -0.763. The second-order valence-electron chi connectivity index (χ2n) is 2.93. The highest BCUT2D eigenvalue weighted by Crippen LogP contribution is 2.08. The number of hydrogen-bond donors (Lipinski definition) is 2. The third-order valence-electron chi connectivity index (χ3n) is 1.84. The van der Waals surface area contributed by atoms with Crippen LogP contribution >= 0.6 is 0 Å². The molecule has 1 amide bonds. The van der Waals surface area contributed by atoms with Crippen molar-refractivity contribution in [3.63, 3.8) is 0 Å². The van der Waals surface area contributed by atoms with Gasteiger partial charge in [-0.25, -0.2) is 0 Å². The lowest BCUT2D eigenvalue weighted by Gasteiger charge is -2.14. The number of carbonyl (C=O) groups is 2. The fraction of sp³-hybridized carbons (Fsp3) is 0.375. The Balaban J connectivity index is 2.69. The Morgan fingerprint density at radius 1 is 1.67 bits per heavy atom. The van der Waals surface area contributed by atoms with Crippen molar-refractivity contribution >= 4 is 17.7 Å². The first kappa shape index (κ1) is 11.0. The Kier molecular flexibility index (Phi) is 3.27. The molecule has 0 atom stereocenters. The molecule has 0 aliphatic heterocycles. The third kappa shape index (κ3) is 2.46. The summed E-state index contributed by atoms with van der Waals surface area (Å²) in [5, 5.41) is 6.05. The number of nitrogens with two attached hydrogens (primary N) is 1. The van der Waals surface area contributed by atoms with E-state index < -0.39 is 5.97 Å². The zero-order valence-corrected chi connectivity index (χ0v) is 8.48. The summed E-state index contributed by atoms with van der Waals surface area (Å²) in [6.45, 7) is -0.125. The molecule has 1 aromatic rings. The fourth-order valence-corrected chi connectivity index (χ4v) is 1.00. The van der Waals surface area contributed by atoms with E-state index in [0.29, 0.717) is 0 Å². The number of ether oxygens (including phenoxy) is 1. The molecule has 7 nitrogen and oxygen atoms in total. The van der Waals surface area contributed by atoms with Gasteiger partial charge in [-0.05, 0) is 0 Å². The largest absolute Gasteiger partial charge is 0.468 e. The zero-order chi connectivity index (χ0) is 11.4. The molecule has 15 heavy (non-hydrogen) atoms. The number of methoxy groups -OCH3 is 1. The number of nitrogens with zero attached hydrogens (tertiary/aromatic N) is 2. The number of nitrogen functional groups attached to an aromatic ring is 1. The number of aromatic nitrogens is 2. The molecule has 1 rings (SSSR count). The zero-order valence-electron chi connectivity index (χ0n) is 8.48. The number of rotatable bonds is 3. The normalized spacial score (nSPS) is 9.73. The summed E-state index contributed by atoms with van der Waals surface area (Å²) in [4.78, 5) is 23.8. The number of anilines is 1. The van der Waals surface area contributed by atoms with E-state index in [0.717, 1.165) is 0 Å². The van der Waals surface area contributed by atoms with Crippen molar-refractivity contribution in [3.8, 4) is 0 Å². The summed E-state index contributed by atoms with van der Waals surface area (Å²) < 4.78 is 4.43. The van der Waals surface area contributed by atoms with Crippen LogP contribution in [-0.2, 0) is 9.53 Å². The van der Waals surface area contributed by atoms with Crippen LogP contribution < -0.4 is 5.73 Å². The highest BCUT2D eigenvalue weighted by molar-refractivity contribution is 5.99. The van der Waals surface area contributed by atoms with Crippen LogP contribution in [0.1, 0.15) is 10.4 Å². The van der Waals surface area contributed by atoms with Crippen LogP contribution in [0.15, 0.2) is 6.20 Å². The lowest BCUT2D eigenvalue weighted by molar-refractivity contribution is -0.141. The van der Waals surface area contributed by atoms with E-state index in [1.54, 1.807) is 0 Å². The van der Waals surface area contributed by atoms with Crippen LogP contribution in [0.3, 0.4) is 0 Å². The Hall–Kier alpha value is -2.05. The number of amides is 1. The fourth-order valence-electron chi connectivity index (χ4n) is 1.00. The minimum Gasteiger partial charge on any atom is -0.468 e. The van der Waals surface area contributed by atoms with Gasteiger partial charge in [0, 0.05) is 7.05 Å². The van der Waals surface area contributed by atoms with Gasteiger partial charge in [0.1, 0.15) is 17.9 Å². The monoisotopic (exact) mass is 212 g/mol. The molecular formula is C8H12N4O3. The molecule has 0 saturated heterocycles. The Morgan fingerprint density at radius 2 is 2.33 bits per heavy atom. The van der Waals surface area contributed by atoms with Crippen LogP contribution in [-0.4, -0.2) is 47.7 Å². The van der Waals surface area contributed by atoms with Crippen LogP contribution in [0.5, 0.6) is 0 Å². The number of likely N-dealkylation sites (N-methyl/N-ethyl adjacent to an activating group) is 1. The van der Waals surface area contributed by atoms with Gasteiger partial charge in [-0.2, -0.15) is 5.10 Å². The Morgan fingerprint density at radius 3 is 2.80 bits per heavy atom. The minimum atomic E-state index is -0.493. The van der Waals surface area contributed by atoms with Gasteiger partial charge in [-0.15, -0.1) is 0 Å². The summed E-state index contributed by atoms with van der Waals surface area (Å²) in [6, 6.07) is 0. The average Bonchev–Trinajstić information content (AvgIpc) is 2.63. The first-order valence-corrected chi connectivity index (χ1v) is 4.17. The number of aromatic amines is 1. The molecule has 82 valence electrons. The van der Waals surface area contributed by atoms with Gasteiger partial charge in [-0.3, -0.25) is 14.7 Å². The molecule has 1 aromatic heterocycles. The molecule has 0 aromatic carbocycles. The summed E-state index contributed by atoms with van der Waals surface area (Å²) in [7, 11) is 2.73. The van der Waals surface area contributed by atoms with E-state index in [2.05, 4.69) is 14.9 Å². The van der Waals surface area contributed by atoms with Crippen LogP contribution in [0.2, 0.25) is 0 Å². The summed E-state index contributed by atoms with van der Waals surface area (Å²) in [6.07, 6.45) is 1.31. The standard InChI is InChI=1S/C8H12N4O3/c1-12(4-6(13)15-2)8(14)5-3-10-11-7(5)9/h3H,4H2,1-2H3,(H3,9,10,11). The van der Waals surface area contributed by atoms with Gasteiger partial charge in [0.25, 0.3) is 5.91 Å². The lowest BCUT2D eigenvalue weighted by atomic mass is 10.3. The summed E-state index contributed by atoms with van der Waals surface area (Å²) >= 11 is 0. The molecule has 0 spiro atoms. The van der Waals surface area contributed by atoms with Gasteiger partial charge in [0.2, 0.25) is 0 Å². The number of H-pyrrole nitrogens is 1. The van der Waals surface area contributed by atoms with Gasteiger partial charge in [0.05, 0.1) is 13.3 Å². The van der Waals surface area contributed by atoms with E-state index in [4.69, 9.17) is 5.73 Å². The van der Waals surface area contributed by atoms with Crippen molar-refractivity contribution < 1.29 is 14.3 Å². The molecule has 0 fully saturated rings. The van der Waals surface area contributed by atoms with Crippen molar-refractivity contribution in [2.75, 3.05) is 26.4 Å². The van der Waals surface area contributed by atoms with E-state index in [1.165, 1.54) is 25.3 Å². The first-order valence-electron chi connectivity index (χ1n) is 4.17. The van der Waals surface area contributed by atoms with E-state index in [-0.39, 0.29) is 23.8 Å². The average molecular weight is 212 g/mol. The summed E-state index contributed by atoms with van der Waals surface area (Å²) in [5.74, 6) is -0.698. The maximum atomic E-state index is 11.7. The molecule has 0 aliphatic carbocycles. The number of nitrogens with one attached hydrogen (secondary N) is 1. The molecule has 0 radical (unpaired) electrons.